The van der Waals surface area contributed by atoms with Crippen LogP contribution in [0.1, 0.15) is 12.6 Å². The lowest BCUT2D eigenvalue weighted by molar-refractivity contribution is -0.125. The molecule has 1 aromatic rings. The molecule has 0 aliphatic carbocycles. The van der Waals surface area contributed by atoms with Crippen LogP contribution >= 0.6 is 0 Å². The Labute approximate surface area is 111 Å². The van der Waals surface area contributed by atoms with E-state index in [1.165, 1.54) is 0 Å². The number of nitrogens with zero attached hydrogens (tertiary/aromatic N) is 2. The van der Waals surface area contributed by atoms with Crippen molar-refractivity contribution in [3.8, 4) is 0 Å². The fourth-order valence-corrected chi connectivity index (χ4v) is 1.64. The van der Waals surface area contributed by atoms with E-state index in [1.807, 2.05) is 37.1 Å². The van der Waals surface area contributed by atoms with Crippen molar-refractivity contribution >= 4 is 0 Å². The third kappa shape index (κ3) is 7.12. The van der Waals surface area contributed by atoms with Crippen LogP contribution in [0.3, 0.4) is 0 Å². The highest BCUT2D eigenvalue weighted by Gasteiger charge is 2.26. The number of alkyl halides is 3. The molecule has 0 amide bonds. The van der Waals surface area contributed by atoms with Crippen LogP contribution in [0, 0.1) is 0 Å². The molecule has 1 rings (SSSR count). The van der Waals surface area contributed by atoms with Gasteiger partial charge >= 0.3 is 6.18 Å². The van der Waals surface area contributed by atoms with Crippen LogP contribution in [0.2, 0.25) is 0 Å². The van der Waals surface area contributed by atoms with Gasteiger partial charge in [0.15, 0.2) is 0 Å². The monoisotopic (exact) mass is 275 g/mol. The van der Waals surface area contributed by atoms with Gasteiger partial charge in [0.1, 0.15) is 0 Å². The second kappa shape index (κ2) is 7.45. The minimum Gasteiger partial charge on any atom is -0.307 e. The molecule has 6 heteroatoms. The molecule has 0 saturated carbocycles. The van der Waals surface area contributed by atoms with E-state index in [-0.39, 0.29) is 6.04 Å². The van der Waals surface area contributed by atoms with Gasteiger partial charge in [-0.25, -0.2) is 0 Å². The minimum atomic E-state index is -4.15. The molecule has 1 atom stereocenters. The molecule has 0 spiro atoms. The van der Waals surface area contributed by atoms with Crippen LogP contribution < -0.4 is 5.32 Å². The van der Waals surface area contributed by atoms with Gasteiger partial charge in [-0.05, 0) is 26.1 Å². The maximum absolute atomic E-state index is 12.0. The molecule has 1 heterocycles. The highest BCUT2D eigenvalue weighted by molar-refractivity contribution is 5.03. The van der Waals surface area contributed by atoms with Crippen LogP contribution in [0.25, 0.3) is 0 Å². The number of halogens is 3. The predicted molar refractivity (Wildman–Crippen MR) is 69.0 cm³/mol. The molecular formula is C13H20F3N3. The Kier molecular flexibility index (Phi) is 6.24. The summed E-state index contributed by atoms with van der Waals surface area (Å²) in [5.74, 6) is 0. The van der Waals surface area contributed by atoms with E-state index >= 15 is 0 Å². The lowest BCUT2D eigenvalue weighted by atomic mass is 10.2. The van der Waals surface area contributed by atoms with E-state index in [9.17, 15) is 13.2 Å². The molecule has 19 heavy (non-hydrogen) atoms. The molecular weight excluding hydrogens is 255 g/mol. The van der Waals surface area contributed by atoms with Crippen molar-refractivity contribution in [1.82, 2.24) is 15.2 Å². The second-order valence-corrected chi connectivity index (χ2v) is 4.65. The zero-order valence-corrected chi connectivity index (χ0v) is 11.2. The molecule has 3 nitrogen and oxygen atoms in total. The zero-order valence-electron chi connectivity index (χ0n) is 11.2. The topological polar surface area (TPSA) is 28.2 Å². The first-order valence-electron chi connectivity index (χ1n) is 6.26. The summed E-state index contributed by atoms with van der Waals surface area (Å²) < 4.78 is 36.0. The van der Waals surface area contributed by atoms with Crippen molar-refractivity contribution in [2.24, 2.45) is 0 Å². The number of pyridine rings is 1. The summed E-state index contributed by atoms with van der Waals surface area (Å²) in [6.07, 6.45) is -1.61. The van der Waals surface area contributed by atoms with Crippen molar-refractivity contribution < 1.29 is 13.2 Å². The predicted octanol–water partition coefficient (Wildman–Crippen LogP) is 2.10. The van der Waals surface area contributed by atoms with Gasteiger partial charge in [0, 0.05) is 37.4 Å². The van der Waals surface area contributed by atoms with E-state index < -0.39 is 12.7 Å². The van der Waals surface area contributed by atoms with Gasteiger partial charge in [-0.1, -0.05) is 6.07 Å². The van der Waals surface area contributed by atoms with Gasteiger partial charge in [0.2, 0.25) is 0 Å². The summed E-state index contributed by atoms with van der Waals surface area (Å²) in [7, 11) is 1.91. The smallest absolute Gasteiger partial charge is 0.307 e. The maximum atomic E-state index is 12.0. The first-order valence-corrected chi connectivity index (χ1v) is 6.26. The molecule has 1 aromatic heterocycles. The Balaban J connectivity index is 2.23. The fraction of sp³-hybridized carbons (Fsp3) is 0.615. The number of hydrogen-bond acceptors (Lipinski definition) is 3. The zero-order chi connectivity index (χ0) is 14.3. The number of aromatic nitrogens is 1. The molecule has 0 radical (unpaired) electrons. The summed E-state index contributed by atoms with van der Waals surface area (Å²) in [6, 6.07) is 5.78. The third-order valence-corrected chi connectivity index (χ3v) is 2.96. The molecule has 0 aliphatic heterocycles. The average Bonchev–Trinajstić information content (AvgIpc) is 2.35. The SMILES string of the molecule is CC(CNCC(F)(F)F)N(C)CCc1ccccn1. The van der Waals surface area contributed by atoms with Gasteiger partial charge in [0.05, 0.1) is 6.54 Å². The van der Waals surface area contributed by atoms with E-state index in [0.29, 0.717) is 6.54 Å². The van der Waals surface area contributed by atoms with E-state index in [2.05, 4.69) is 10.3 Å². The van der Waals surface area contributed by atoms with E-state index in [4.69, 9.17) is 0 Å². The summed E-state index contributed by atoms with van der Waals surface area (Å²) in [5, 5.41) is 2.42. The van der Waals surface area contributed by atoms with Crippen LogP contribution in [-0.4, -0.2) is 48.8 Å². The molecule has 0 aliphatic rings. The van der Waals surface area contributed by atoms with Crippen LogP contribution in [-0.2, 0) is 6.42 Å². The van der Waals surface area contributed by atoms with Gasteiger partial charge in [0.25, 0.3) is 0 Å². The molecule has 0 aromatic carbocycles. The lowest BCUT2D eigenvalue weighted by Crippen LogP contribution is -2.41. The number of rotatable bonds is 7. The molecule has 108 valence electrons. The first kappa shape index (κ1) is 15.9. The number of hydrogen-bond donors (Lipinski definition) is 1. The number of likely N-dealkylation sites (N-methyl/N-ethyl adjacent to an activating group) is 1. The lowest BCUT2D eigenvalue weighted by Gasteiger charge is -2.25. The minimum absolute atomic E-state index is 0.0473. The van der Waals surface area contributed by atoms with E-state index in [1.54, 1.807) is 6.20 Å². The fourth-order valence-electron chi connectivity index (χ4n) is 1.64. The van der Waals surface area contributed by atoms with Crippen LogP contribution in [0.4, 0.5) is 13.2 Å². The van der Waals surface area contributed by atoms with Gasteiger partial charge in [-0.3, -0.25) is 4.98 Å². The van der Waals surface area contributed by atoms with Crippen LogP contribution in [0.5, 0.6) is 0 Å². The first-order chi connectivity index (χ1) is 8.88. The van der Waals surface area contributed by atoms with Crippen molar-refractivity contribution in [2.45, 2.75) is 25.6 Å². The molecule has 0 fully saturated rings. The van der Waals surface area contributed by atoms with Crippen molar-refractivity contribution in [2.75, 3.05) is 26.7 Å². The Bertz CT molecular complexity index is 354. The molecule has 0 bridgehead atoms. The van der Waals surface area contributed by atoms with Crippen molar-refractivity contribution in [3.63, 3.8) is 0 Å². The maximum Gasteiger partial charge on any atom is 0.401 e. The molecule has 1 unspecified atom stereocenters. The highest BCUT2D eigenvalue weighted by Crippen LogP contribution is 2.12. The standard InChI is InChI=1S/C13H20F3N3/c1-11(9-17-10-13(14,15)16)19(2)8-6-12-5-3-4-7-18-12/h3-5,7,11,17H,6,8-10H2,1-2H3. The quantitative estimate of drug-likeness (QED) is 0.826. The summed E-state index contributed by atoms with van der Waals surface area (Å²) in [4.78, 5) is 6.24. The van der Waals surface area contributed by atoms with Crippen molar-refractivity contribution in [1.29, 1.82) is 0 Å². The average molecular weight is 275 g/mol. The highest BCUT2D eigenvalue weighted by atomic mass is 19.4. The largest absolute Gasteiger partial charge is 0.401 e. The molecule has 1 N–H and O–H groups in total. The van der Waals surface area contributed by atoms with Crippen LogP contribution in [0.15, 0.2) is 24.4 Å². The second-order valence-electron chi connectivity index (χ2n) is 4.65. The van der Waals surface area contributed by atoms with Gasteiger partial charge in [-0.2, -0.15) is 13.2 Å². The normalized spacial score (nSPS) is 13.8. The van der Waals surface area contributed by atoms with Gasteiger partial charge in [-0.15, -0.1) is 0 Å². The Morgan fingerprint density at radius 2 is 2.11 bits per heavy atom. The van der Waals surface area contributed by atoms with Crippen molar-refractivity contribution in [3.05, 3.63) is 30.1 Å². The van der Waals surface area contributed by atoms with Gasteiger partial charge < -0.3 is 10.2 Å². The third-order valence-electron chi connectivity index (χ3n) is 2.96. The summed E-state index contributed by atoms with van der Waals surface area (Å²) in [6.45, 7) is 2.05. The summed E-state index contributed by atoms with van der Waals surface area (Å²) >= 11 is 0. The Morgan fingerprint density at radius 1 is 1.37 bits per heavy atom. The number of nitrogens with one attached hydrogen (secondary N) is 1. The summed E-state index contributed by atoms with van der Waals surface area (Å²) in [5.41, 5.74) is 0.991. The molecule has 0 saturated heterocycles. The Hall–Kier alpha value is -1.14. The van der Waals surface area contributed by atoms with E-state index in [0.717, 1.165) is 18.7 Å². The Morgan fingerprint density at radius 3 is 2.68 bits per heavy atom.